The zero-order valence-electron chi connectivity index (χ0n) is 9.79. The lowest BCUT2D eigenvalue weighted by molar-refractivity contribution is -0.0780. The lowest BCUT2D eigenvalue weighted by atomic mass is 9.95. The first-order chi connectivity index (χ1) is 7.57. The van der Waals surface area contributed by atoms with Crippen LogP contribution in [0.2, 0.25) is 0 Å². The molecule has 0 aromatic heterocycles. The molecule has 1 atom stereocenters. The summed E-state index contributed by atoms with van der Waals surface area (Å²) < 4.78 is 19.1. The maximum absolute atomic E-state index is 13.1. The van der Waals surface area contributed by atoms with Crippen molar-refractivity contribution in [3.8, 4) is 0 Å². The van der Waals surface area contributed by atoms with E-state index in [-0.39, 0.29) is 11.9 Å². The number of hydrogen-bond acceptors (Lipinski definition) is 2. The van der Waals surface area contributed by atoms with Crippen LogP contribution in [0.15, 0.2) is 18.2 Å². The molecule has 1 aliphatic rings. The van der Waals surface area contributed by atoms with E-state index in [1.54, 1.807) is 6.07 Å². The first-order valence-corrected chi connectivity index (χ1v) is 5.74. The van der Waals surface area contributed by atoms with E-state index in [0.717, 1.165) is 24.0 Å². The van der Waals surface area contributed by atoms with E-state index >= 15 is 0 Å². The Labute approximate surface area is 95.6 Å². The van der Waals surface area contributed by atoms with Crippen molar-refractivity contribution in [2.75, 3.05) is 6.54 Å². The summed E-state index contributed by atoms with van der Waals surface area (Å²) in [6, 6.07) is 4.89. The Kier molecular flexibility index (Phi) is 3.00. The lowest BCUT2D eigenvalue weighted by Crippen LogP contribution is -2.38. The summed E-state index contributed by atoms with van der Waals surface area (Å²) in [5.41, 5.74) is 7.54. The van der Waals surface area contributed by atoms with Gasteiger partial charge in [-0.15, -0.1) is 0 Å². The van der Waals surface area contributed by atoms with Crippen LogP contribution in [0, 0.1) is 5.82 Å². The Morgan fingerprint density at radius 2 is 2.25 bits per heavy atom. The highest BCUT2D eigenvalue weighted by molar-refractivity contribution is 5.38. The molecule has 3 heteroatoms. The van der Waals surface area contributed by atoms with Crippen LogP contribution in [-0.2, 0) is 16.8 Å². The molecule has 0 aliphatic heterocycles. The second-order valence-electron chi connectivity index (χ2n) is 4.67. The molecule has 1 aromatic rings. The van der Waals surface area contributed by atoms with Crippen molar-refractivity contribution in [2.45, 2.75) is 38.4 Å². The minimum Gasteiger partial charge on any atom is -0.366 e. The Balaban J connectivity index is 2.39. The molecule has 2 rings (SSSR count). The van der Waals surface area contributed by atoms with E-state index in [2.05, 4.69) is 0 Å². The molecular weight excluding hydrogens is 205 g/mol. The fourth-order valence-corrected chi connectivity index (χ4v) is 2.52. The van der Waals surface area contributed by atoms with Crippen LogP contribution in [0.1, 0.15) is 31.4 Å². The van der Waals surface area contributed by atoms with Crippen molar-refractivity contribution < 1.29 is 9.13 Å². The van der Waals surface area contributed by atoms with Gasteiger partial charge >= 0.3 is 0 Å². The Bertz CT molecular complexity index is 392. The van der Waals surface area contributed by atoms with E-state index < -0.39 is 5.60 Å². The monoisotopic (exact) mass is 223 g/mol. The Morgan fingerprint density at radius 3 is 2.88 bits per heavy atom. The molecule has 2 nitrogen and oxygen atoms in total. The quantitative estimate of drug-likeness (QED) is 0.853. The van der Waals surface area contributed by atoms with Crippen LogP contribution in [0.3, 0.4) is 0 Å². The van der Waals surface area contributed by atoms with Gasteiger partial charge in [-0.25, -0.2) is 4.39 Å². The van der Waals surface area contributed by atoms with Crippen molar-refractivity contribution in [1.82, 2.24) is 0 Å². The molecule has 0 bridgehead atoms. The van der Waals surface area contributed by atoms with Crippen molar-refractivity contribution in [3.63, 3.8) is 0 Å². The predicted molar refractivity (Wildman–Crippen MR) is 61.7 cm³/mol. The number of nitrogens with two attached hydrogens (primary N) is 1. The second-order valence-corrected chi connectivity index (χ2v) is 4.67. The van der Waals surface area contributed by atoms with Gasteiger partial charge in [0.15, 0.2) is 0 Å². The Hall–Kier alpha value is -0.930. The highest BCUT2D eigenvalue weighted by atomic mass is 19.1. The smallest absolute Gasteiger partial charge is 0.123 e. The minimum atomic E-state index is -0.406. The molecule has 0 fully saturated rings. The number of rotatable bonds is 3. The normalized spacial score (nSPS) is 23.8. The third-order valence-corrected chi connectivity index (χ3v) is 3.15. The first kappa shape index (κ1) is 11.6. The molecule has 0 spiro atoms. The summed E-state index contributed by atoms with van der Waals surface area (Å²) in [5, 5.41) is 0. The van der Waals surface area contributed by atoms with Gasteiger partial charge in [-0.1, -0.05) is 6.07 Å². The van der Waals surface area contributed by atoms with Crippen molar-refractivity contribution in [3.05, 3.63) is 35.1 Å². The highest BCUT2D eigenvalue weighted by Crippen LogP contribution is 2.40. The van der Waals surface area contributed by atoms with Gasteiger partial charge in [0.2, 0.25) is 0 Å². The second kappa shape index (κ2) is 4.15. The minimum absolute atomic E-state index is 0.125. The standard InChI is InChI=1S/C13H18FNO/c1-9(2)16-13(8-15)6-5-10-7-11(14)3-4-12(10)13/h3-4,7,9H,5-6,8,15H2,1-2H3. The number of ether oxygens (including phenoxy) is 1. The Morgan fingerprint density at radius 1 is 1.50 bits per heavy atom. The third kappa shape index (κ3) is 1.85. The predicted octanol–water partition coefficient (Wildman–Crippen LogP) is 2.35. The maximum atomic E-state index is 13.1. The first-order valence-electron chi connectivity index (χ1n) is 5.74. The molecule has 1 unspecified atom stereocenters. The molecule has 0 radical (unpaired) electrons. The van der Waals surface area contributed by atoms with Gasteiger partial charge < -0.3 is 10.5 Å². The molecule has 0 heterocycles. The molecule has 88 valence electrons. The highest BCUT2D eigenvalue weighted by Gasteiger charge is 2.39. The van der Waals surface area contributed by atoms with E-state index in [1.165, 1.54) is 6.07 Å². The molecule has 1 aromatic carbocycles. The van der Waals surface area contributed by atoms with E-state index in [1.807, 2.05) is 19.9 Å². The fourth-order valence-electron chi connectivity index (χ4n) is 2.52. The van der Waals surface area contributed by atoms with Gasteiger partial charge in [-0.3, -0.25) is 0 Å². The molecular formula is C13H18FNO. The van der Waals surface area contributed by atoms with Gasteiger partial charge in [0.25, 0.3) is 0 Å². The van der Waals surface area contributed by atoms with Gasteiger partial charge in [0, 0.05) is 6.54 Å². The average Bonchev–Trinajstić information content (AvgIpc) is 2.56. The maximum Gasteiger partial charge on any atom is 0.123 e. The van der Waals surface area contributed by atoms with Crippen LogP contribution in [-0.4, -0.2) is 12.6 Å². The zero-order valence-corrected chi connectivity index (χ0v) is 9.79. The van der Waals surface area contributed by atoms with Crippen molar-refractivity contribution in [1.29, 1.82) is 0 Å². The van der Waals surface area contributed by atoms with Crippen LogP contribution < -0.4 is 5.73 Å². The molecule has 2 N–H and O–H groups in total. The van der Waals surface area contributed by atoms with Crippen LogP contribution in [0.25, 0.3) is 0 Å². The van der Waals surface area contributed by atoms with E-state index in [0.29, 0.717) is 6.54 Å². The third-order valence-electron chi connectivity index (χ3n) is 3.15. The molecule has 0 saturated carbocycles. The zero-order chi connectivity index (χ0) is 11.8. The van der Waals surface area contributed by atoms with Gasteiger partial charge in [0.1, 0.15) is 11.4 Å². The topological polar surface area (TPSA) is 35.2 Å². The lowest BCUT2D eigenvalue weighted by Gasteiger charge is -2.31. The number of halogens is 1. The van der Waals surface area contributed by atoms with Gasteiger partial charge in [0.05, 0.1) is 6.10 Å². The van der Waals surface area contributed by atoms with E-state index in [9.17, 15) is 4.39 Å². The molecule has 16 heavy (non-hydrogen) atoms. The fraction of sp³-hybridized carbons (Fsp3) is 0.538. The molecule has 1 aliphatic carbocycles. The summed E-state index contributed by atoms with van der Waals surface area (Å²) in [7, 11) is 0. The summed E-state index contributed by atoms with van der Waals surface area (Å²) in [6.45, 7) is 4.45. The van der Waals surface area contributed by atoms with E-state index in [4.69, 9.17) is 10.5 Å². The summed E-state index contributed by atoms with van der Waals surface area (Å²) >= 11 is 0. The van der Waals surface area contributed by atoms with Crippen LogP contribution in [0.5, 0.6) is 0 Å². The number of aryl methyl sites for hydroxylation is 1. The summed E-state index contributed by atoms with van der Waals surface area (Å²) in [4.78, 5) is 0. The largest absolute Gasteiger partial charge is 0.366 e. The van der Waals surface area contributed by atoms with Crippen LogP contribution in [0.4, 0.5) is 4.39 Å². The van der Waals surface area contributed by atoms with Crippen molar-refractivity contribution >= 4 is 0 Å². The van der Waals surface area contributed by atoms with Gasteiger partial charge in [-0.2, -0.15) is 0 Å². The number of hydrogen-bond donors (Lipinski definition) is 1. The summed E-state index contributed by atoms with van der Waals surface area (Å²) in [6.07, 6.45) is 1.82. The number of fused-ring (bicyclic) bond motifs is 1. The number of benzene rings is 1. The molecule has 0 saturated heterocycles. The van der Waals surface area contributed by atoms with Crippen LogP contribution >= 0.6 is 0 Å². The molecule has 0 amide bonds. The van der Waals surface area contributed by atoms with Gasteiger partial charge in [-0.05, 0) is 49.9 Å². The van der Waals surface area contributed by atoms with Crippen molar-refractivity contribution in [2.24, 2.45) is 5.73 Å². The summed E-state index contributed by atoms with van der Waals surface area (Å²) in [5.74, 6) is -0.184. The average molecular weight is 223 g/mol. The SMILES string of the molecule is CC(C)OC1(CN)CCc2cc(F)ccc21.